The van der Waals surface area contributed by atoms with Crippen LogP contribution in [0.5, 0.6) is 0 Å². The summed E-state index contributed by atoms with van der Waals surface area (Å²) in [5.41, 5.74) is 1.13. The predicted octanol–water partition coefficient (Wildman–Crippen LogP) is 3.68. The lowest BCUT2D eigenvalue weighted by Gasteiger charge is -2.17. The molecule has 0 bridgehead atoms. The van der Waals surface area contributed by atoms with Crippen LogP contribution >= 0.6 is 0 Å². The minimum Gasteiger partial charge on any atom is -0.380 e. The van der Waals surface area contributed by atoms with E-state index in [0.29, 0.717) is 0 Å². The zero-order valence-electron chi connectivity index (χ0n) is 11.4. The predicted molar refractivity (Wildman–Crippen MR) is 73.2 cm³/mol. The molecule has 0 aromatic heterocycles. The Morgan fingerprint density at radius 3 is 2.50 bits per heavy atom. The van der Waals surface area contributed by atoms with Gasteiger partial charge in [0.25, 0.3) is 0 Å². The van der Waals surface area contributed by atoms with E-state index in [1.165, 1.54) is 18.6 Å². The van der Waals surface area contributed by atoms with E-state index in [0.717, 1.165) is 38.2 Å². The second-order valence-corrected chi connectivity index (χ2v) is 4.43. The molecule has 102 valence electrons. The van der Waals surface area contributed by atoms with Gasteiger partial charge in [-0.3, -0.25) is 0 Å². The van der Waals surface area contributed by atoms with Gasteiger partial charge in [0.2, 0.25) is 0 Å². The van der Waals surface area contributed by atoms with Crippen molar-refractivity contribution in [3.05, 3.63) is 35.6 Å². The van der Waals surface area contributed by atoms with Crippen molar-refractivity contribution in [2.45, 2.75) is 39.2 Å². The molecule has 2 nitrogen and oxygen atoms in total. The monoisotopic (exact) mass is 253 g/mol. The Bertz CT molecular complexity index is 313. The van der Waals surface area contributed by atoms with Crippen molar-refractivity contribution in [1.29, 1.82) is 0 Å². The maximum absolute atomic E-state index is 12.8. The molecule has 0 radical (unpaired) electrons. The molecule has 1 unspecified atom stereocenters. The molecule has 0 fully saturated rings. The van der Waals surface area contributed by atoms with Crippen LogP contribution in [0, 0.1) is 5.82 Å². The fourth-order valence-corrected chi connectivity index (χ4v) is 1.85. The standard InChI is InChI=1S/C15H24FNO/c1-3-5-11-18-12-10-17-15(4-2)13-6-8-14(16)9-7-13/h6-9,15,17H,3-5,10-12H2,1-2H3. The summed E-state index contributed by atoms with van der Waals surface area (Å²) in [7, 11) is 0. The number of unbranched alkanes of at least 4 members (excludes halogenated alkanes) is 1. The smallest absolute Gasteiger partial charge is 0.123 e. The van der Waals surface area contributed by atoms with Gasteiger partial charge in [0.1, 0.15) is 5.82 Å². The molecule has 0 spiro atoms. The molecule has 1 atom stereocenters. The van der Waals surface area contributed by atoms with Crippen LogP contribution in [0.4, 0.5) is 4.39 Å². The first-order valence-corrected chi connectivity index (χ1v) is 6.84. The van der Waals surface area contributed by atoms with Gasteiger partial charge in [-0.05, 0) is 30.5 Å². The zero-order valence-corrected chi connectivity index (χ0v) is 11.4. The Labute approximate surface area is 110 Å². The summed E-state index contributed by atoms with van der Waals surface area (Å²) in [6.45, 7) is 6.69. The molecule has 18 heavy (non-hydrogen) atoms. The first-order valence-electron chi connectivity index (χ1n) is 6.84. The summed E-state index contributed by atoms with van der Waals surface area (Å²) in [6, 6.07) is 6.98. The summed E-state index contributed by atoms with van der Waals surface area (Å²) >= 11 is 0. The highest BCUT2D eigenvalue weighted by atomic mass is 19.1. The Hall–Kier alpha value is -0.930. The number of hydrogen-bond donors (Lipinski definition) is 1. The Morgan fingerprint density at radius 2 is 1.89 bits per heavy atom. The van der Waals surface area contributed by atoms with Gasteiger partial charge >= 0.3 is 0 Å². The Morgan fingerprint density at radius 1 is 1.17 bits per heavy atom. The van der Waals surface area contributed by atoms with E-state index in [1.807, 2.05) is 12.1 Å². The molecule has 1 N–H and O–H groups in total. The summed E-state index contributed by atoms with van der Waals surface area (Å²) in [5.74, 6) is -0.184. The summed E-state index contributed by atoms with van der Waals surface area (Å²) in [5, 5.41) is 3.43. The molecule has 0 aliphatic heterocycles. The number of hydrogen-bond acceptors (Lipinski definition) is 2. The van der Waals surface area contributed by atoms with Crippen molar-refractivity contribution < 1.29 is 9.13 Å². The summed E-state index contributed by atoms with van der Waals surface area (Å²) in [6.07, 6.45) is 3.27. The molecule has 0 saturated heterocycles. The van der Waals surface area contributed by atoms with Gasteiger partial charge in [-0.1, -0.05) is 32.4 Å². The molecular weight excluding hydrogens is 229 g/mol. The number of halogens is 1. The third kappa shape index (κ3) is 5.61. The first kappa shape index (κ1) is 15.1. The van der Waals surface area contributed by atoms with Gasteiger partial charge in [-0.2, -0.15) is 0 Å². The van der Waals surface area contributed by atoms with Crippen molar-refractivity contribution >= 4 is 0 Å². The number of nitrogens with one attached hydrogen (secondary N) is 1. The van der Waals surface area contributed by atoms with Crippen molar-refractivity contribution in [3.8, 4) is 0 Å². The maximum atomic E-state index is 12.8. The average Bonchev–Trinajstić information content (AvgIpc) is 2.39. The maximum Gasteiger partial charge on any atom is 0.123 e. The van der Waals surface area contributed by atoms with Gasteiger partial charge in [0.05, 0.1) is 6.61 Å². The number of ether oxygens (including phenoxy) is 1. The molecular formula is C15H24FNO. The summed E-state index contributed by atoms with van der Waals surface area (Å²) in [4.78, 5) is 0. The van der Waals surface area contributed by atoms with Crippen LogP contribution in [0.2, 0.25) is 0 Å². The molecule has 0 saturated carbocycles. The normalized spacial score (nSPS) is 12.6. The van der Waals surface area contributed by atoms with Gasteiger partial charge in [0.15, 0.2) is 0 Å². The minimum atomic E-state index is -0.184. The minimum absolute atomic E-state index is 0.184. The first-order chi connectivity index (χ1) is 8.77. The van der Waals surface area contributed by atoms with Crippen LogP contribution in [0.25, 0.3) is 0 Å². The van der Waals surface area contributed by atoms with Crippen LogP contribution < -0.4 is 5.32 Å². The van der Waals surface area contributed by atoms with E-state index in [1.54, 1.807) is 0 Å². The van der Waals surface area contributed by atoms with Crippen molar-refractivity contribution in [3.63, 3.8) is 0 Å². The molecule has 1 aromatic carbocycles. The number of benzene rings is 1. The molecule has 0 aliphatic rings. The topological polar surface area (TPSA) is 21.3 Å². The SMILES string of the molecule is CCCCOCCNC(CC)c1ccc(F)cc1. The zero-order chi connectivity index (χ0) is 13.2. The molecule has 1 aromatic rings. The summed E-state index contributed by atoms with van der Waals surface area (Å²) < 4.78 is 18.3. The van der Waals surface area contributed by atoms with E-state index >= 15 is 0 Å². The lowest BCUT2D eigenvalue weighted by molar-refractivity contribution is 0.130. The average molecular weight is 253 g/mol. The lowest BCUT2D eigenvalue weighted by Crippen LogP contribution is -2.25. The van der Waals surface area contributed by atoms with Gasteiger partial charge in [-0.25, -0.2) is 4.39 Å². The van der Waals surface area contributed by atoms with E-state index in [-0.39, 0.29) is 11.9 Å². The van der Waals surface area contributed by atoms with E-state index in [4.69, 9.17) is 4.74 Å². The third-order valence-electron chi connectivity index (χ3n) is 2.96. The van der Waals surface area contributed by atoms with E-state index < -0.39 is 0 Å². The fraction of sp³-hybridized carbons (Fsp3) is 0.600. The van der Waals surface area contributed by atoms with Crippen molar-refractivity contribution in [1.82, 2.24) is 5.32 Å². The van der Waals surface area contributed by atoms with Gasteiger partial charge < -0.3 is 10.1 Å². The van der Waals surface area contributed by atoms with Gasteiger partial charge in [-0.15, -0.1) is 0 Å². The number of rotatable bonds is 9. The van der Waals surface area contributed by atoms with E-state index in [9.17, 15) is 4.39 Å². The molecule has 3 heteroatoms. The highest BCUT2D eigenvalue weighted by Gasteiger charge is 2.07. The van der Waals surface area contributed by atoms with Gasteiger partial charge in [0, 0.05) is 19.2 Å². The van der Waals surface area contributed by atoms with Crippen LogP contribution in [0.15, 0.2) is 24.3 Å². The van der Waals surface area contributed by atoms with Crippen molar-refractivity contribution in [2.24, 2.45) is 0 Å². The van der Waals surface area contributed by atoms with Crippen molar-refractivity contribution in [2.75, 3.05) is 19.8 Å². The Balaban J connectivity index is 2.27. The highest BCUT2D eigenvalue weighted by Crippen LogP contribution is 2.16. The van der Waals surface area contributed by atoms with Crippen LogP contribution in [-0.2, 0) is 4.74 Å². The second kappa shape index (κ2) is 9.06. The molecule has 0 amide bonds. The Kier molecular flexibility index (Phi) is 7.62. The molecule has 1 rings (SSSR count). The quantitative estimate of drug-likeness (QED) is 0.678. The third-order valence-corrected chi connectivity index (χ3v) is 2.96. The fourth-order valence-electron chi connectivity index (χ4n) is 1.85. The van der Waals surface area contributed by atoms with Crippen LogP contribution in [0.3, 0.4) is 0 Å². The second-order valence-electron chi connectivity index (χ2n) is 4.43. The van der Waals surface area contributed by atoms with Crippen LogP contribution in [-0.4, -0.2) is 19.8 Å². The largest absolute Gasteiger partial charge is 0.380 e. The highest BCUT2D eigenvalue weighted by molar-refractivity contribution is 5.19. The molecule has 0 aliphatic carbocycles. The lowest BCUT2D eigenvalue weighted by atomic mass is 10.0. The molecule has 0 heterocycles. The van der Waals surface area contributed by atoms with Crippen LogP contribution in [0.1, 0.15) is 44.7 Å². The van der Waals surface area contributed by atoms with E-state index in [2.05, 4.69) is 19.2 Å².